The number of amides is 1. The van der Waals surface area contributed by atoms with Gasteiger partial charge in [0, 0.05) is 37.3 Å². The van der Waals surface area contributed by atoms with Crippen LogP contribution in [0.15, 0.2) is 53.1 Å². The van der Waals surface area contributed by atoms with E-state index >= 15 is 0 Å². The number of H-pyrrole nitrogens is 1. The maximum Gasteiger partial charge on any atom is 0.229 e. The number of aryl methyl sites for hydroxylation is 1. The van der Waals surface area contributed by atoms with Crippen molar-refractivity contribution in [3.05, 3.63) is 60.2 Å². The van der Waals surface area contributed by atoms with E-state index in [0.717, 1.165) is 34.6 Å². The Bertz CT molecular complexity index is 1210. The molecular weight excluding hydrogens is 418 g/mol. The second-order valence-corrected chi connectivity index (χ2v) is 8.70. The van der Waals surface area contributed by atoms with Crippen LogP contribution in [-0.4, -0.2) is 50.1 Å². The molecule has 0 spiro atoms. The van der Waals surface area contributed by atoms with E-state index in [1.54, 1.807) is 0 Å². The Labute approximate surface area is 192 Å². The van der Waals surface area contributed by atoms with Gasteiger partial charge in [-0.15, -0.1) is 0 Å². The van der Waals surface area contributed by atoms with E-state index in [4.69, 9.17) is 9.26 Å². The molecule has 2 aromatic heterocycles. The molecule has 170 valence electrons. The van der Waals surface area contributed by atoms with Gasteiger partial charge in [-0.2, -0.15) is 4.98 Å². The van der Waals surface area contributed by atoms with Crippen LogP contribution in [0.5, 0.6) is 5.75 Å². The van der Waals surface area contributed by atoms with Crippen LogP contribution in [0.4, 0.5) is 0 Å². The van der Waals surface area contributed by atoms with Crippen LogP contribution in [0.2, 0.25) is 0 Å². The summed E-state index contributed by atoms with van der Waals surface area (Å²) in [5.41, 5.74) is 2.81. The molecule has 0 aliphatic carbocycles. The summed E-state index contributed by atoms with van der Waals surface area (Å²) >= 11 is 0. The fourth-order valence-electron chi connectivity index (χ4n) is 4.02. The van der Waals surface area contributed by atoms with Crippen molar-refractivity contribution in [3.8, 4) is 17.1 Å². The molecule has 3 heterocycles. The Balaban J connectivity index is 1.12. The van der Waals surface area contributed by atoms with Gasteiger partial charge in [-0.25, -0.2) is 4.98 Å². The summed E-state index contributed by atoms with van der Waals surface area (Å²) in [6.07, 6.45) is 1.85. The van der Waals surface area contributed by atoms with Gasteiger partial charge in [-0.05, 0) is 36.4 Å². The van der Waals surface area contributed by atoms with Crippen LogP contribution in [0.3, 0.4) is 0 Å². The van der Waals surface area contributed by atoms with Gasteiger partial charge in [0.15, 0.2) is 0 Å². The summed E-state index contributed by atoms with van der Waals surface area (Å²) in [4.78, 5) is 26.8. The highest BCUT2D eigenvalue weighted by atomic mass is 16.5. The molecule has 2 aromatic carbocycles. The van der Waals surface area contributed by atoms with Gasteiger partial charge in [0.1, 0.15) is 17.7 Å². The molecule has 1 unspecified atom stereocenters. The van der Waals surface area contributed by atoms with E-state index in [1.165, 1.54) is 0 Å². The summed E-state index contributed by atoms with van der Waals surface area (Å²) in [5.74, 6) is 3.15. The van der Waals surface area contributed by atoms with Crippen molar-refractivity contribution in [2.75, 3.05) is 13.1 Å². The third-order valence-corrected chi connectivity index (χ3v) is 5.86. The number of fused-ring (bicyclic) bond motifs is 1. The lowest BCUT2D eigenvalue weighted by Crippen LogP contribution is -2.31. The Kier molecular flexibility index (Phi) is 5.81. The molecule has 33 heavy (non-hydrogen) atoms. The lowest BCUT2D eigenvalue weighted by atomic mass is 10.2. The molecule has 0 radical (unpaired) electrons. The second kappa shape index (κ2) is 9.05. The fraction of sp³-hybridized carbons (Fsp3) is 0.360. The van der Waals surface area contributed by atoms with E-state index in [0.29, 0.717) is 37.6 Å². The van der Waals surface area contributed by atoms with Gasteiger partial charge in [-0.1, -0.05) is 31.1 Å². The van der Waals surface area contributed by atoms with Gasteiger partial charge in [0.25, 0.3) is 0 Å². The minimum absolute atomic E-state index is 0.0104. The SMILES string of the molecule is CC(C)c1nc(-c2ccc(OC3CCN(C(=O)CCc4nc5ccccc5[nH]4)C3)cc2)no1. The van der Waals surface area contributed by atoms with Gasteiger partial charge >= 0.3 is 0 Å². The lowest BCUT2D eigenvalue weighted by molar-refractivity contribution is -0.130. The zero-order valence-corrected chi connectivity index (χ0v) is 18.8. The number of benzene rings is 2. The Hall–Kier alpha value is -3.68. The van der Waals surface area contributed by atoms with Crippen LogP contribution in [0, 0.1) is 0 Å². The fourth-order valence-corrected chi connectivity index (χ4v) is 4.02. The third kappa shape index (κ3) is 4.74. The molecule has 4 aromatic rings. The second-order valence-electron chi connectivity index (χ2n) is 8.70. The van der Waals surface area contributed by atoms with Gasteiger partial charge in [0.2, 0.25) is 17.6 Å². The maximum atomic E-state index is 12.7. The zero-order chi connectivity index (χ0) is 22.8. The first-order chi connectivity index (χ1) is 16.0. The number of para-hydroxylation sites is 2. The predicted octanol–water partition coefficient (Wildman–Crippen LogP) is 4.35. The topological polar surface area (TPSA) is 97.1 Å². The number of likely N-dealkylation sites (tertiary alicyclic amines) is 1. The number of hydrogen-bond donors (Lipinski definition) is 1. The largest absolute Gasteiger partial charge is 0.489 e. The molecule has 8 nitrogen and oxygen atoms in total. The van der Waals surface area contributed by atoms with Gasteiger partial charge in [-0.3, -0.25) is 4.79 Å². The Morgan fingerprint density at radius 2 is 2.00 bits per heavy atom. The summed E-state index contributed by atoms with van der Waals surface area (Å²) in [7, 11) is 0. The first kappa shape index (κ1) is 21.2. The number of carbonyl (C=O) groups excluding carboxylic acids is 1. The van der Waals surface area contributed by atoms with Gasteiger partial charge < -0.3 is 19.1 Å². The summed E-state index contributed by atoms with van der Waals surface area (Å²) < 4.78 is 11.4. The lowest BCUT2D eigenvalue weighted by Gasteiger charge is -2.17. The summed E-state index contributed by atoms with van der Waals surface area (Å²) in [6, 6.07) is 15.6. The number of nitrogens with zero attached hydrogens (tertiary/aromatic N) is 4. The van der Waals surface area contributed by atoms with E-state index < -0.39 is 0 Å². The quantitative estimate of drug-likeness (QED) is 0.454. The molecule has 1 atom stereocenters. The van der Waals surface area contributed by atoms with E-state index in [-0.39, 0.29) is 17.9 Å². The highest BCUT2D eigenvalue weighted by molar-refractivity contribution is 5.77. The number of aromatic nitrogens is 4. The number of rotatable bonds is 7. The summed E-state index contributed by atoms with van der Waals surface area (Å²) in [6.45, 7) is 5.34. The van der Waals surface area contributed by atoms with E-state index in [1.807, 2.05) is 67.3 Å². The van der Waals surface area contributed by atoms with Crippen molar-refractivity contribution >= 4 is 16.9 Å². The van der Waals surface area contributed by atoms with Crippen LogP contribution in [-0.2, 0) is 11.2 Å². The van der Waals surface area contributed by atoms with E-state index in [2.05, 4.69) is 20.1 Å². The average Bonchev–Trinajstić information content (AvgIpc) is 3.57. The van der Waals surface area contributed by atoms with Crippen LogP contribution < -0.4 is 4.74 Å². The van der Waals surface area contributed by atoms with Gasteiger partial charge in [0.05, 0.1) is 17.6 Å². The summed E-state index contributed by atoms with van der Waals surface area (Å²) in [5, 5.41) is 4.04. The maximum absolute atomic E-state index is 12.7. The molecule has 5 rings (SSSR count). The van der Waals surface area contributed by atoms with Crippen molar-refractivity contribution in [2.45, 2.75) is 45.1 Å². The Morgan fingerprint density at radius 1 is 1.18 bits per heavy atom. The molecule has 1 aliphatic heterocycles. The number of nitrogens with one attached hydrogen (secondary N) is 1. The predicted molar refractivity (Wildman–Crippen MR) is 124 cm³/mol. The Morgan fingerprint density at radius 3 is 2.76 bits per heavy atom. The molecule has 8 heteroatoms. The van der Waals surface area contributed by atoms with Crippen molar-refractivity contribution in [1.82, 2.24) is 25.0 Å². The third-order valence-electron chi connectivity index (χ3n) is 5.86. The van der Waals surface area contributed by atoms with E-state index in [9.17, 15) is 4.79 Å². The van der Waals surface area contributed by atoms with Crippen LogP contribution in [0.25, 0.3) is 22.4 Å². The first-order valence-electron chi connectivity index (χ1n) is 11.4. The van der Waals surface area contributed by atoms with Crippen molar-refractivity contribution < 1.29 is 14.1 Å². The molecule has 1 amide bonds. The number of hydrogen-bond acceptors (Lipinski definition) is 6. The highest BCUT2D eigenvalue weighted by Gasteiger charge is 2.27. The molecule has 1 saturated heterocycles. The normalized spacial score (nSPS) is 16.1. The smallest absolute Gasteiger partial charge is 0.229 e. The minimum Gasteiger partial charge on any atom is -0.489 e. The average molecular weight is 446 g/mol. The standard InChI is InChI=1S/C25H27N5O3/c1-16(2)25-28-24(29-33-25)17-7-9-18(10-8-17)32-19-13-14-30(15-19)23(31)12-11-22-26-20-5-3-4-6-21(20)27-22/h3-10,16,19H,11-15H2,1-2H3,(H,26,27). The van der Waals surface area contributed by atoms with Crippen LogP contribution >= 0.6 is 0 Å². The number of carbonyl (C=O) groups is 1. The molecule has 1 aliphatic rings. The van der Waals surface area contributed by atoms with Crippen LogP contribution in [0.1, 0.15) is 44.3 Å². The number of aromatic amines is 1. The monoisotopic (exact) mass is 445 g/mol. The van der Waals surface area contributed by atoms with Crippen molar-refractivity contribution in [1.29, 1.82) is 0 Å². The first-order valence-corrected chi connectivity index (χ1v) is 11.4. The number of imidazole rings is 1. The van der Waals surface area contributed by atoms with Crippen molar-refractivity contribution in [3.63, 3.8) is 0 Å². The number of ether oxygens (including phenoxy) is 1. The molecule has 1 N–H and O–H groups in total. The molecule has 0 bridgehead atoms. The highest BCUT2D eigenvalue weighted by Crippen LogP contribution is 2.24. The molecule has 0 saturated carbocycles. The molecular formula is C25H27N5O3. The minimum atomic E-state index is -0.0104. The molecule has 1 fully saturated rings. The zero-order valence-electron chi connectivity index (χ0n) is 18.8. The van der Waals surface area contributed by atoms with Crippen molar-refractivity contribution in [2.24, 2.45) is 0 Å².